The number of para-hydroxylation sites is 1. The van der Waals surface area contributed by atoms with Gasteiger partial charge in [-0.15, -0.1) is 0 Å². The topological polar surface area (TPSA) is 149 Å². The van der Waals surface area contributed by atoms with E-state index in [4.69, 9.17) is 21.3 Å². The maximum Gasteiger partial charge on any atom is 0.264 e. The second-order valence-corrected chi connectivity index (χ2v) is 10.3. The van der Waals surface area contributed by atoms with Crippen LogP contribution in [0.25, 0.3) is 22.3 Å². The fourth-order valence-electron chi connectivity index (χ4n) is 5.04. The fourth-order valence-corrected chi connectivity index (χ4v) is 5.04. The number of ether oxygens (including phenoxy) is 1. The van der Waals surface area contributed by atoms with E-state index < -0.39 is 11.4 Å². The number of rotatable bonds is 6. The normalized spacial score (nSPS) is 18.4. The predicted molar refractivity (Wildman–Crippen MR) is 146 cm³/mol. The Morgan fingerprint density at radius 1 is 1.18 bits per heavy atom. The zero-order chi connectivity index (χ0) is 27.9. The van der Waals surface area contributed by atoms with Gasteiger partial charge in [-0.1, -0.05) is 18.2 Å². The molecule has 2 aromatic heterocycles. The highest BCUT2D eigenvalue weighted by molar-refractivity contribution is 5.99. The maximum absolute atomic E-state index is 15.5. The molecule has 11 heteroatoms. The number of nitrogens with zero attached hydrogens (tertiary/aromatic N) is 6. The third-order valence-corrected chi connectivity index (χ3v) is 7.33. The van der Waals surface area contributed by atoms with E-state index in [1.54, 1.807) is 39.9 Å². The molecule has 1 atom stereocenters. The third-order valence-electron chi connectivity index (χ3n) is 7.33. The van der Waals surface area contributed by atoms with Crippen molar-refractivity contribution in [2.75, 3.05) is 18.8 Å². The van der Waals surface area contributed by atoms with Gasteiger partial charge in [-0.2, -0.15) is 10.4 Å². The first-order chi connectivity index (χ1) is 19.3. The molecule has 2 aliphatic rings. The number of carbonyl (C=O) groups is 1. The maximum atomic E-state index is 15.5. The third kappa shape index (κ3) is 4.85. The largest absolute Gasteiger partial charge is 0.457 e. The zero-order valence-electron chi connectivity index (χ0n) is 21.6. The van der Waals surface area contributed by atoms with Gasteiger partial charge in [-0.05, 0) is 56.0 Å². The molecule has 1 saturated carbocycles. The monoisotopic (exact) mass is 538 g/mol. The summed E-state index contributed by atoms with van der Waals surface area (Å²) in [6.07, 6.45) is 5.84. The number of benzene rings is 2. The summed E-state index contributed by atoms with van der Waals surface area (Å²) in [7, 11) is 0. The van der Waals surface area contributed by atoms with Crippen molar-refractivity contribution in [1.82, 2.24) is 24.6 Å². The van der Waals surface area contributed by atoms with E-state index in [-0.39, 0.29) is 28.9 Å². The molecule has 0 bridgehead atoms. The van der Waals surface area contributed by atoms with Gasteiger partial charge in [0.05, 0.1) is 11.4 Å². The highest BCUT2D eigenvalue weighted by atomic mass is 19.1. The first-order valence-corrected chi connectivity index (χ1v) is 13.1. The van der Waals surface area contributed by atoms with Crippen molar-refractivity contribution in [1.29, 1.82) is 5.26 Å². The van der Waals surface area contributed by atoms with Crippen LogP contribution in [-0.4, -0.2) is 49.2 Å². The minimum absolute atomic E-state index is 0.0538. The van der Waals surface area contributed by atoms with E-state index in [9.17, 15) is 10.1 Å². The number of likely N-dealkylation sites (tertiary alicyclic amines) is 1. The minimum Gasteiger partial charge on any atom is -0.457 e. The number of nitriles is 1. The van der Waals surface area contributed by atoms with Gasteiger partial charge in [0.1, 0.15) is 46.8 Å². The van der Waals surface area contributed by atoms with Gasteiger partial charge in [0.2, 0.25) is 0 Å². The Hall–Kier alpha value is -4.82. The Balaban J connectivity index is 1.33. The summed E-state index contributed by atoms with van der Waals surface area (Å²) in [6, 6.07) is 15.4. The molecule has 0 spiro atoms. The lowest BCUT2D eigenvalue weighted by Crippen LogP contribution is -2.42. The van der Waals surface area contributed by atoms with E-state index in [0.717, 1.165) is 12.8 Å². The summed E-state index contributed by atoms with van der Waals surface area (Å²) < 4.78 is 22.9. The average Bonchev–Trinajstić information content (AvgIpc) is 3.57. The van der Waals surface area contributed by atoms with Crippen molar-refractivity contribution in [2.45, 2.75) is 37.3 Å². The number of anilines is 1. The Morgan fingerprint density at radius 3 is 2.70 bits per heavy atom. The van der Waals surface area contributed by atoms with Crippen LogP contribution in [0, 0.1) is 17.1 Å². The molecule has 10 nitrogen and oxygen atoms in total. The minimum atomic E-state index is -0.566. The first-order valence-electron chi connectivity index (χ1n) is 13.1. The predicted octanol–water partition coefficient (Wildman–Crippen LogP) is 4.11. The van der Waals surface area contributed by atoms with E-state index in [1.165, 1.54) is 12.4 Å². The van der Waals surface area contributed by atoms with Crippen LogP contribution in [0.2, 0.25) is 0 Å². The quantitative estimate of drug-likeness (QED) is 0.275. The molecule has 0 unspecified atom stereocenters. The van der Waals surface area contributed by atoms with Crippen molar-refractivity contribution >= 4 is 22.8 Å². The van der Waals surface area contributed by atoms with Crippen LogP contribution in [0.3, 0.4) is 0 Å². The Labute approximate surface area is 229 Å². The summed E-state index contributed by atoms with van der Waals surface area (Å²) in [5.41, 5.74) is 12.8. The van der Waals surface area contributed by atoms with Gasteiger partial charge in [0, 0.05) is 30.3 Å². The van der Waals surface area contributed by atoms with Crippen molar-refractivity contribution in [3.63, 3.8) is 0 Å². The second kappa shape index (κ2) is 10.1. The summed E-state index contributed by atoms with van der Waals surface area (Å²) in [6.45, 7) is 0.814. The van der Waals surface area contributed by atoms with Crippen LogP contribution in [0.15, 0.2) is 66.5 Å². The molecule has 2 aromatic carbocycles. The number of aromatic nitrogens is 4. The van der Waals surface area contributed by atoms with Gasteiger partial charge in [-0.25, -0.2) is 19.0 Å². The fraction of sp³-hybridized carbons (Fsp3) is 0.276. The van der Waals surface area contributed by atoms with Crippen molar-refractivity contribution in [2.24, 2.45) is 5.73 Å². The molecule has 202 valence electrons. The van der Waals surface area contributed by atoms with Gasteiger partial charge < -0.3 is 21.1 Å². The molecule has 0 radical (unpaired) electrons. The molecule has 1 amide bonds. The lowest BCUT2D eigenvalue weighted by molar-refractivity contribution is -0.128. The molecule has 2 fully saturated rings. The Kier molecular flexibility index (Phi) is 6.40. The highest BCUT2D eigenvalue weighted by Gasteiger charge is 2.38. The number of fused-ring (bicyclic) bond motifs is 1. The van der Waals surface area contributed by atoms with E-state index in [0.29, 0.717) is 54.2 Å². The Bertz CT molecular complexity index is 1670. The summed E-state index contributed by atoms with van der Waals surface area (Å²) in [5, 5.41) is 14.8. The zero-order valence-corrected chi connectivity index (χ0v) is 21.6. The van der Waals surface area contributed by atoms with Crippen molar-refractivity contribution < 1.29 is 13.9 Å². The number of hydrogen-bond donors (Lipinski definition) is 2. The molecule has 4 N–H and O–H groups in total. The van der Waals surface area contributed by atoms with E-state index in [2.05, 4.69) is 9.97 Å². The number of carbonyl (C=O) groups excluding carboxylic acids is 1. The van der Waals surface area contributed by atoms with Crippen LogP contribution in [0.1, 0.15) is 31.7 Å². The molecule has 6 rings (SSSR count). The van der Waals surface area contributed by atoms with E-state index in [1.807, 2.05) is 24.3 Å². The van der Waals surface area contributed by atoms with E-state index >= 15 is 4.39 Å². The highest BCUT2D eigenvalue weighted by Crippen LogP contribution is 2.37. The molecule has 1 saturated heterocycles. The Morgan fingerprint density at radius 2 is 1.98 bits per heavy atom. The van der Waals surface area contributed by atoms with Gasteiger partial charge in [0.15, 0.2) is 5.65 Å². The molecule has 4 aromatic rings. The second-order valence-electron chi connectivity index (χ2n) is 10.3. The van der Waals surface area contributed by atoms with Crippen LogP contribution >= 0.6 is 0 Å². The number of piperidine rings is 1. The number of amides is 1. The first kappa shape index (κ1) is 25.5. The summed E-state index contributed by atoms with van der Waals surface area (Å²) >= 11 is 0. The van der Waals surface area contributed by atoms with Crippen LogP contribution in [0.4, 0.5) is 10.2 Å². The number of hydrogen-bond acceptors (Lipinski definition) is 8. The lowest BCUT2D eigenvalue weighted by atomic mass is 10.0. The smallest absolute Gasteiger partial charge is 0.264 e. The number of nitrogens with two attached hydrogens (primary N) is 2. The molecule has 40 heavy (non-hydrogen) atoms. The van der Waals surface area contributed by atoms with Gasteiger partial charge >= 0.3 is 0 Å². The molecule has 1 aliphatic carbocycles. The van der Waals surface area contributed by atoms with Gasteiger partial charge in [0.25, 0.3) is 5.91 Å². The lowest BCUT2D eigenvalue weighted by Gasteiger charge is -2.33. The van der Waals surface area contributed by atoms with Crippen LogP contribution in [-0.2, 0) is 4.79 Å². The molecular formula is C29H27FN8O2. The molecular weight excluding hydrogens is 511 g/mol. The van der Waals surface area contributed by atoms with Gasteiger partial charge in [-0.3, -0.25) is 4.79 Å². The van der Waals surface area contributed by atoms with Crippen molar-refractivity contribution in [3.8, 4) is 28.8 Å². The molecule has 3 heterocycles. The molecule has 1 aliphatic heterocycles. The van der Waals surface area contributed by atoms with Crippen LogP contribution in [0.5, 0.6) is 11.5 Å². The number of halogens is 1. The van der Waals surface area contributed by atoms with Crippen molar-refractivity contribution in [3.05, 3.63) is 72.3 Å². The average molecular weight is 539 g/mol. The standard InChI is InChI=1S/C29H27FN8O2/c30-23-13-21(40-20-6-2-1-3-7-20)8-9-22(23)25-24-26(32)34-17-35-27(24)38(36-25)19-5-4-12-37(16-19)28(39)18(15-31)14-29(33)10-11-29/h1-3,6-9,13-14,17,19H,4-5,10-12,16,33H2,(H2,32,34,35)/t19-/m1/s1. The SMILES string of the molecule is N#CC(=CC1(N)CC1)C(=O)N1CCC[C@@H](n2nc(-c3ccc(Oc4ccccc4)cc3F)c3c(N)ncnc32)C1. The van der Waals surface area contributed by atoms with Crippen LogP contribution < -0.4 is 16.2 Å². The number of nitrogen functional groups attached to an aromatic ring is 1. The summed E-state index contributed by atoms with van der Waals surface area (Å²) in [4.78, 5) is 23.4. The summed E-state index contributed by atoms with van der Waals surface area (Å²) in [5.74, 6) is 0.213.